The first-order valence-corrected chi connectivity index (χ1v) is 7.54. The van der Waals surface area contributed by atoms with E-state index >= 15 is 0 Å². The van der Waals surface area contributed by atoms with Gasteiger partial charge in [-0.2, -0.15) is 0 Å². The van der Waals surface area contributed by atoms with Crippen molar-refractivity contribution in [3.05, 3.63) is 71.4 Å². The molecule has 0 saturated carbocycles. The summed E-state index contributed by atoms with van der Waals surface area (Å²) in [5.41, 5.74) is 5.48. The number of aromatic nitrogens is 1. The maximum absolute atomic E-state index is 3.57. The van der Waals surface area contributed by atoms with Crippen LogP contribution in [0.15, 0.2) is 54.7 Å². The maximum Gasteiger partial charge on any atom is 0.0481 e. The third-order valence-corrected chi connectivity index (χ3v) is 4.13. The molecule has 0 bridgehead atoms. The largest absolute Gasteiger partial charge is 0.350 e. The molecule has 2 nitrogen and oxygen atoms in total. The summed E-state index contributed by atoms with van der Waals surface area (Å²) in [4.78, 5) is 0. The van der Waals surface area contributed by atoms with Crippen LogP contribution in [0.5, 0.6) is 0 Å². The highest BCUT2D eigenvalue weighted by Gasteiger charge is 2.05. The Bertz CT molecular complexity index is 740. The molecule has 1 heterocycles. The lowest BCUT2D eigenvalue weighted by molar-refractivity contribution is 0.686. The summed E-state index contributed by atoms with van der Waals surface area (Å²) < 4.78 is 2.20. The second kappa shape index (κ2) is 6.15. The smallest absolute Gasteiger partial charge is 0.0481 e. The number of benzene rings is 2. The average Bonchev–Trinajstić information content (AvgIpc) is 2.82. The van der Waals surface area contributed by atoms with Gasteiger partial charge in [-0.25, -0.2) is 0 Å². The molecule has 1 aromatic heterocycles. The van der Waals surface area contributed by atoms with Crippen LogP contribution in [0, 0.1) is 6.92 Å². The molecule has 0 spiro atoms. The predicted molar refractivity (Wildman–Crippen MR) is 89.5 cm³/mol. The zero-order valence-electron chi connectivity index (χ0n) is 12.8. The van der Waals surface area contributed by atoms with E-state index in [0.29, 0.717) is 0 Å². The van der Waals surface area contributed by atoms with Crippen molar-refractivity contribution in [1.82, 2.24) is 9.88 Å². The minimum atomic E-state index is 0.924. The van der Waals surface area contributed by atoms with Crippen molar-refractivity contribution in [2.75, 3.05) is 6.54 Å². The van der Waals surface area contributed by atoms with Gasteiger partial charge in [0, 0.05) is 30.7 Å². The molecule has 108 valence electrons. The molecular weight excluding hydrogens is 256 g/mol. The zero-order valence-corrected chi connectivity index (χ0v) is 12.8. The van der Waals surface area contributed by atoms with Gasteiger partial charge in [-0.05, 0) is 42.6 Å². The molecule has 0 aliphatic rings. The summed E-state index contributed by atoms with van der Waals surface area (Å²) in [6, 6.07) is 17.2. The van der Waals surface area contributed by atoms with Crippen LogP contribution in [-0.4, -0.2) is 11.1 Å². The summed E-state index contributed by atoms with van der Waals surface area (Å²) in [6.45, 7) is 4.11. The van der Waals surface area contributed by atoms with Gasteiger partial charge in [-0.15, -0.1) is 0 Å². The van der Waals surface area contributed by atoms with Crippen LogP contribution in [0.3, 0.4) is 0 Å². The second-order valence-corrected chi connectivity index (χ2v) is 5.64. The third kappa shape index (κ3) is 3.01. The maximum atomic E-state index is 3.57. The highest BCUT2D eigenvalue weighted by atomic mass is 14.9. The summed E-state index contributed by atoms with van der Waals surface area (Å²) in [5.74, 6) is 0. The number of nitrogens with one attached hydrogen (secondary N) is 1. The van der Waals surface area contributed by atoms with Gasteiger partial charge in [0.25, 0.3) is 0 Å². The Kier molecular flexibility index (Phi) is 4.07. The van der Waals surface area contributed by atoms with Gasteiger partial charge in [0.2, 0.25) is 0 Å². The van der Waals surface area contributed by atoms with Crippen LogP contribution < -0.4 is 5.32 Å². The molecule has 0 fully saturated rings. The fourth-order valence-electron chi connectivity index (χ4n) is 2.90. The van der Waals surface area contributed by atoms with Gasteiger partial charge in [0.1, 0.15) is 0 Å². The van der Waals surface area contributed by atoms with Crippen LogP contribution in [0.25, 0.3) is 10.9 Å². The molecule has 3 aromatic rings. The number of fused-ring (bicyclic) bond motifs is 1. The first-order chi connectivity index (χ1) is 10.3. The summed E-state index contributed by atoms with van der Waals surface area (Å²) >= 11 is 0. The molecule has 0 saturated heterocycles. The van der Waals surface area contributed by atoms with Crippen LogP contribution >= 0.6 is 0 Å². The molecule has 1 N–H and O–H groups in total. The fourth-order valence-corrected chi connectivity index (χ4v) is 2.90. The minimum absolute atomic E-state index is 0.924. The van der Waals surface area contributed by atoms with Crippen molar-refractivity contribution in [2.24, 2.45) is 7.05 Å². The third-order valence-electron chi connectivity index (χ3n) is 4.13. The first kappa shape index (κ1) is 13.9. The molecule has 2 heteroatoms. The van der Waals surface area contributed by atoms with E-state index in [2.05, 4.69) is 78.6 Å². The van der Waals surface area contributed by atoms with Crippen LogP contribution in [-0.2, 0) is 20.0 Å². The Hall–Kier alpha value is -2.06. The predicted octanol–water partition coefficient (Wildman–Crippen LogP) is 3.82. The van der Waals surface area contributed by atoms with Gasteiger partial charge in [-0.3, -0.25) is 0 Å². The van der Waals surface area contributed by atoms with Crippen molar-refractivity contribution in [3.63, 3.8) is 0 Å². The SMILES string of the molecule is Cc1ccccc1CCNCc1cn(C)c2ccccc12. The Morgan fingerprint density at radius 2 is 1.71 bits per heavy atom. The average molecular weight is 278 g/mol. The number of nitrogens with zero attached hydrogens (tertiary/aromatic N) is 1. The van der Waals surface area contributed by atoms with Crippen LogP contribution in [0.1, 0.15) is 16.7 Å². The molecule has 3 rings (SSSR count). The number of hydrogen-bond acceptors (Lipinski definition) is 1. The highest BCUT2D eigenvalue weighted by Crippen LogP contribution is 2.19. The molecule has 0 aliphatic carbocycles. The lowest BCUT2D eigenvalue weighted by Gasteiger charge is -2.07. The molecule has 21 heavy (non-hydrogen) atoms. The van der Waals surface area contributed by atoms with Gasteiger partial charge in [-0.1, -0.05) is 42.5 Å². The molecule has 0 radical (unpaired) electrons. The number of rotatable bonds is 5. The van der Waals surface area contributed by atoms with Gasteiger partial charge in [0.05, 0.1) is 0 Å². The molecule has 0 unspecified atom stereocenters. The van der Waals surface area contributed by atoms with Crippen LogP contribution in [0.4, 0.5) is 0 Å². The Balaban J connectivity index is 1.61. The summed E-state index contributed by atoms with van der Waals surface area (Å²) in [7, 11) is 2.11. The number of aryl methyl sites for hydroxylation is 2. The van der Waals surface area contributed by atoms with E-state index in [-0.39, 0.29) is 0 Å². The fraction of sp³-hybridized carbons (Fsp3) is 0.263. The van der Waals surface area contributed by atoms with E-state index in [4.69, 9.17) is 0 Å². The molecule has 0 aliphatic heterocycles. The molecule has 0 amide bonds. The monoisotopic (exact) mass is 278 g/mol. The first-order valence-electron chi connectivity index (χ1n) is 7.54. The van der Waals surface area contributed by atoms with E-state index in [9.17, 15) is 0 Å². The Morgan fingerprint density at radius 1 is 0.952 bits per heavy atom. The van der Waals surface area contributed by atoms with Crippen molar-refractivity contribution in [3.8, 4) is 0 Å². The van der Waals surface area contributed by atoms with Gasteiger partial charge in [0.15, 0.2) is 0 Å². The van der Waals surface area contributed by atoms with E-state index in [1.807, 2.05) is 0 Å². The number of para-hydroxylation sites is 1. The minimum Gasteiger partial charge on any atom is -0.350 e. The lowest BCUT2D eigenvalue weighted by atomic mass is 10.1. The van der Waals surface area contributed by atoms with Gasteiger partial charge >= 0.3 is 0 Å². The number of hydrogen-bond donors (Lipinski definition) is 1. The van der Waals surface area contributed by atoms with Gasteiger partial charge < -0.3 is 9.88 Å². The van der Waals surface area contributed by atoms with Crippen molar-refractivity contribution in [1.29, 1.82) is 0 Å². The highest BCUT2D eigenvalue weighted by molar-refractivity contribution is 5.83. The zero-order chi connectivity index (χ0) is 14.7. The summed E-state index contributed by atoms with van der Waals surface area (Å²) in [6.07, 6.45) is 3.31. The summed E-state index contributed by atoms with van der Waals surface area (Å²) in [5, 5.41) is 4.92. The normalized spacial score (nSPS) is 11.1. The standard InChI is InChI=1S/C19H22N2/c1-15-7-3-4-8-16(15)11-12-20-13-17-14-21(2)19-10-6-5-9-18(17)19/h3-10,14,20H,11-13H2,1-2H3. The lowest BCUT2D eigenvalue weighted by Crippen LogP contribution is -2.16. The van der Waals surface area contributed by atoms with Crippen molar-refractivity contribution >= 4 is 10.9 Å². The molecule has 2 aromatic carbocycles. The van der Waals surface area contributed by atoms with E-state index < -0.39 is 0 Å². The van der Waals surface area contributed by atoms with E-state index in [0.717, 1.165) is 19.5 Å². The van der Waals surface area contributed by atoms with Crippen molar-refractivity contribution < 1.29 is 0 Å². The molecule has 0 atom stereocenters. The van der Waals surface area contributed by atoms with E-state index in [1.54, 1.807) is 0 Å². The second-order valence-electron chi connectivity index (χ2n) is 5.64. The topological polar surface area (TPSA) is 17.0 Å². The van der Waals surface area contributed by atoms with E-state index in [1.165, 1.54) is 27.6 Å². The Morgan fingerprint density at radius 3 is 2.57 bits per heavy atom. The Labute approximate surface area is 126 Å². The van der Waals surface area contributed by atoms with Crippen molar-refractivity contribution in [2.45, 2.75) is 19.9 Å². The van der Waals surface area contributed by atoms with Crippen LogP contribution in [0.2, 0.25) is 0 Å². The quantitative estimate of drug-likeness (QED) is 0.702. The molecular formula is C19H22N2.